The Morgan fingerprint density at radius 3 is 2.66 bits per heavy atom. The van der Waals surface area contributed by atoms with E-state index >= 15 is 0 Å². The van der Waals surface area contributed by atoms with Gasteiger partial charge in [0.05, 0.1) is 10.6 Å². The Bertz CT molecular complexity index is 995. The molecule has 0 radical (unpaired) electrons. The second kappa shape index (κ2) is 10.4. The predicted molar refractivity (Wildman–Crippen MR) is 132 cm³/mol. The van der Waals surface area contributed by atoms with Gasteiger partial charge in [0.2, 0.25) is 0 Å². The summed E-state index contributed by atoms with van der Waals surface area (Å²) in [5.74, 6) is -0.244. The van der Waals surface area contributed by atoms with Crippen molar-refractivity contribution in [3.8, 4) is 0 Å². The van der Waals surface area contributed by atoms with E-state index in [9.17, 15) is 9.59 Å². The van der Waals surface area contributed by atoms with Gasteiger partial charge in [-0.15, -0.1) is 0 Å². The average molecular weight is 450 g/mol. The number of carbonyl (C=O) groups excluding carboxylic acids is 2. The number of thioether (sulfide) groups is 1. The molecule has 6 heteroatoms. The first-order valence-corrected chi connectivity index (χ1v) is 12.3. The first-order valence-electron chi connectivity index (χ1n) is 11.4. The van der Waals surface area contributed by atoms with Crippen LogP contribution < -0.4 is 10.6 Å². The SMILES string of the molecule is CC1CCCC(C)N1CCCNC(=O)c1ccc2c(c1)NC(=O)/C(=C/c1ccccc1)S2. The number of nitrogens with one attached hydrogen (secondary N) is 2. The minimum Gasteiger partial charge on any atom is -0.352 e. The van der Waals surface area contributed by atoms with Crippen molar-refractivity contribution in [2.75, 3.05) is 18.4 Å². The lowest BCUT2D eigenvalue weighted by molar-refractivity contribution is -0.112. The van der Waals surface area contributed by atoms with Gasteiger partial charge in [0.15, 0.2) is 0 Å². The van der Waals surface area contributed by atoms with E-state index in [2.05, 4.69) is 29.4 Å². The maximum atomic E-state index is 12.6. The standard InChI is InChI=1S/C26H31N3O2S/c1-18-8-6-9-19(2)29(18)15-7-14-27-25(30)21-12-13-23-22(17-21)28-26(31)24(32-23)16-20-10-4-3-5-11-20/h3-5,10-13,16-19H,6-9,14-15H2,1-2H3,(H,27,30)(H,28,31)/b24-16-. The zero-order valence-electron chi connectivity index (χ0n) is 18.8. The Morgan fingerprint density at radius 1 is 1.16 bits per heavy atom. The normalized spacial score (nSPS) is 22.3. The maximum absolute atomic E-state index is 12.6. The minimum absolute atomic E-state index is 0.0996. The molecule has 32 heavy (non-hydrogen) atoms. The van der Waals surface area contributed by atoms with Gasteiger partial charge < -0.3 is 10.6 Å². The van der Waals surface area contributed by atoms with Crippen LogP contribution in [0.1, 0.15) is 55.5 Å². The second-order valence-corrected chi connectivity index (χ2v) is 9.75. The van der Waals surface area contributed by atoms with E-state index in [1.54, 1.807) is 6.07 Å². The van der Waals surface area contributed by atoms with Crippen LogP contribution in [0.3, 0.4) is 0 Å². The largest absolute Gasteiger partial charge is 0.352 e. The van der Waals surface area contributed by atoms with Crippen molar-refractivity contribution in [1.82, 2.24) is 10.2 Å². The summed E-state index contributed by atoms with van der Waals surface area (Å²) in [5, 5.41) is 5.96. The first-order chi connectivity index (χ1) is 15.5. The van der Waals surface area contributed by atoms with E-state index in [-0.39, 0.29) is 11.8 Å². The molecule has 5 nitrogen and oxygen atoms in total. The molecule has 0 aromatic heterocycles. The van der Waals surface area contributed by atoms with Crippen LogP contribution in [0.25, 0.3) is 6.08 Å². The van der Waals surface area contributed by atoms with E-state index < -0.39 is 0 Å². The molecule has 1 fully saturated rings. The summed E-state index contributed by atoms with van der Waals surface area (Å²) >= 11 is 1.43. The van der Waals surface area contributed by atoms with Crippen molar-refractivity contribution in [2.45, 2.75) is 56.5 Å². The average Bonchev–Trinajstić information content (AvgIpc) is 2.79. The van der Waals surface area contributed by atoms with E-state index in [4.69, 9.17) is 0 Å². The minimum atomic E-state index is -0.145. The predicted octanol–water partition coefficient (Wildman–Crippen LogP) is 5.15. The number of likely N-dealkylation sites (tertiary alicyclic amines) is 1. The zero-order valence-corrected chi connectivity index (χ0v) is 19.6. The van der Waals surface area contributed by atoms with Crippen molar-refractivity contribution < 1.29 is 9.59 Å². The third-order valence-corrected chi connectivity index (χ3v) is 7.38. The zero-order chi connectivity index (χ0) is 22.5. The van der Waals surface area contributed by atoms with Crippen molar-refractivity contribution in [1.29, 1.82) is 0 Å². The molecule has 168 valence electrons. The Balaban J connectivity index is 1.33. The molecule has 0 bridgehead atoms. The van der Waals surface area contributed by atoms with E-state index in [0.717, 1.165) is 23.4 Å². The lowest BCUT2D eigenvalue weighted by Gasteiger charge is -2.39. The summed E-state index contributed by atoms with van der Waals surface area (Å²) in [6.45, 7) is 6.26. The molecule has 2 aromatic carbocycles. The molecule has 2 heterocycles. The molecule has 2 N–H and O–H groups in total. The van der Waals surface area contributed by atoms with Gasteiger partial charge in [-0.25, -0.2) is 0 Å². The fourth-order valence-electron chi connectivity index (χ4n) is 4.48. The summed E-state index contributed by atoms with van der Waals surface area (Å²) < 4.78 is 0. The summed E-state index contributed by atoms with van der Waals surface area (Å²) in [6, 6.07) is 16.5. The molecule has 0 saturated carbocycles. The number of benzene rings is 2. The molecular weight excluding hydrogens is 418 g/mol. The van der Waals surface area contributed by atoms with Gasteiger partial charge in [-0.05, 0) is 62.9 Å². The van der Waals surface area contributed by atoms with E-state index in [0.29, 0.717) is 34.8 Å². The molecule has 2 aromatic rings. The number of hydrogen-bond donors (Lipinski definition) is 2. The first kappa shape index (κ1) is 22.6. The number of amides is 2. The molecule has 2 aliphatic rings. The highest BCUT2D eigenvalue weighted by atomic mass is 32.2. The molecular formula is C26H31N3O2S. The highest BCUT2D eigenvalue weighted by molar-refractivity contribution is 8.04. The Morgan fingerprint density at radius 2 is 1.91 bits per heavy atom. The molecule has 2 unspecified atom stereocenters. The van der Waals surface area contributed by atoms with Crippen LogP contribution in [0.15, 0.2) is 58.3 Å². The van der Waals surface area contributed by atoms with E-state index in [1.165, 1.54) is 31.0 Å². The van der Waals surface area contributed by atoms with Gasteiger partial charge in [0, 0.05) is 35.6 Å². The summed E-state index contributed by atoms with van der Waals surface area (Å²) in [7, 11) is 0. The number of piperidine rings is 1. The van der Waals surface area contributed by atoms with Gasteiger partial charge >= 0.3 is 0 Å². The number of carbonyl (C=O) groups is 2. The highest BCUT2D eigenvalue weighted by Crippen LogP contribution is 2.39. The Hall–Kier alpha value is -2.57. The van der Waals surface area contributed by atoms with Gasteiger partial charge in [0.1, 0.15) is 0 Å². The number of hydrogen-bond acceptors (Lipinski definition) is 4. The summed E-state index contributed by atoms with van der Waals surface area (Å²) in [4.78, 5) is 29.3. The second-order valence-electron chi connectivity index (χ2n) is 8.66. The topological polar surface area (TPSA) is 61.4 Å². The van der Waals surface area contributed by atoms with Crippen LogP contribution in [0.5, 0.6) is 0 Å². The monoisotopic (exact) mass is 449 g/mol. The van der Waals surface area contributed by atoms with Crippen LogP contribution in [0.4, 0.5) is 5.69 Å². The van der Waals surface area contributed by atoms with E-state index in [1.807, 2.05) is 48.5 Å². The van der Waals surface area contributed by atoms with Crippen LogP contribution in [0, 0.1) is 0 Å². The molecule has 2 amide bonds. The molecule has 4 rings (SSSR count). The van der Waals surface area contributed by atoms with Gasteiger partial charge in [0.25, 0.3) is 11.8 Å². The lowest BCUT2D eigenvalue weighted by Crippen LogP contribution is -2.44. The molecule has 0 aliphatic carbocycles. The van der Waals surface area contributed by atoms with Crippen LogP contribution in [-0.2, 0) is 4.79 Å². The Kier molecular flexibility index (Phi) is 7.33. The van der Waals surface area contributed by atoms with Crippen molar-refractivity contribution >= 4 is 35.3 Å². The summed E-state index contributed by atoms with van der Waals surface area (Å²) in [6.07, 6.45) is 6.65. The number of anilines is 1. The Labute approximate surface area is 194 Å². The van der Waals surface area contributed by atoms with Crippen molar-refractivity contribution in [3.63, 3.8) is 0 Å². The van der Waals surface area contributed by atoms with Crippen LogP contribution in [0.2, 0.25) is 0 Å². The molecule has 2 aliphatic heterocycles. The lowest BCUT2D eigenvalue weighted by atomic mass is 9.97. The van der Waals surface area contributed by atoms with Gasteiger partial charge in [-0.1, -0.05) is 48.5 Å². The molecule has 0 spiro atoms. The van der Waals surface area contributed by atoms with Crippen LogP contribution >= 0.6 is 11.8 Å². The van der Waals surface area contributed by atoms with Crippen LogP contribution in [-0.4, -0.2) is 41.9 Å². The molecule has 1 saturated heterocycles. The van der Waals surface area contributed by atoms with Gasteiger partial charge in [-0.2, -0.15) is 0 Å². The third-order valence-electron chi connectivity index (χ3n) is 6.29. The summed E-state index contributed by atoms with van der Waals surface area (Å²) in [5.41, 5.74) is 2.24. The smallest absolute Gasteiger partial charge is 0.262 e. The quantitative estimate of drug-likeness (QED) is 0.473. The van der Waals surface area contributed by atoms with Crippen molar-refractivity contribution in [2.24, 2.45) is 0 Å². The number of nitrogens with zero attached hydrogens (tertiary/aromatic N) is 1. The molecule has 2 atom stereocenters. The number of rotatable bonds is 6. The van der Waals surface area contributed by atoms with Gasteiger partial charge in [-0.3, -0.25) is 14.5 Å². The maximum Gasteiger partial charge on any atom is 0.262 e. The van der Waals surface area contributed by atoms with Crippen molar-refractivity contribution in [3.05, 3.63) is 64.6 Å². The fraction of sp³-hybridized carbons (Fsp3) is 0.385. The highest BCUT2D eigenvalue weighted by Gasteiger charge is 2.24. The third kappa shape index (κ3) is 5.43. The fourth-order valence-corrected chi connectivity index (χ4v) is 5.42. The number of fused-ring (bicyclic) bond motifs is 1.